The van der Waals surface area contributed by atoms with Crippen molar-refractivity contribution in [3.63, 3.8) is 0 Å². The molecule has 0 aliphatic carbocycles. The fourth-order valence-corrected chi connectivity index (χ4v) is 4.35. The van der Waals surface area contributed by atoms with Crippen molar-refractivity contribution in [3.05, 3.63) is 46.3 Å². The molecule has 0 unspecified atom stereocenters. The molecule has 0 amide bonds. The minimum Gasteiger partial charge on any atom is -0.495 e. The topological polar surface area (TPSA) is 113 Å². The third-order valence-electron chi connectivity index (χ3n) is 4.04. The van der Waals surface area contributed by atoms with Crippen molar-refractivity contribution in [2.75, 3.05) is 21.3 Å². The number of aromatic nitrogens is 2. The van der Waals surface area contributed by atoms with Crippen LogP contribution in [-0.4, -0.2) is 39.9 Å². The minimum absolute atomic E-state index is 0.00410. The Balaban J connectivity index is 1.78. The van der Waals surface area contributed by atoms with E-state index < -0.39 is 10.0 Å². The third-order valence-corrected chi connectivity index (χ3v) is 6.46. The van der Waals surface area contributed by atoms with Crippen molar-refractivity contribution in [1.82, 2.24) is 14.9 Å². The van der Waals surface area contributed by atoms with E-state index in [1.54, 1.807) is 18.2 Å². The zero-order valence-electron chi connectivity index (χ0n) is 16.1. The normalized spacial score (nSPS) is 11.4. The Hall–Kier alpha value is -2.53. The first-order valence-electron chi connectivity index (χ1n) is 8.37. The number of methoxy groups -OCH3 is 3. The third kappa shape index (κ3) is 4.46. The Morgan fingerprint density at radius 3 is 2.30 bits per heavy atom. The first kappa shape index (κ1) is 22.2. The summed E-state index contributed by atoms with van der Waals surface area (Å²) >= 11 is 12.1. The van der Waals surface area contributed by atoms with Crippen LogP contribution in [0.4, 0.5) is 0 Å². The lowest BCUT2D eigenvalue weighted by Gasteiger charge is -2.10. The van der Waals surface area contributed by atoms with Crippen molar-refractivity contribution in [1.29, 1.82) is 0 Å². The second-order valence-corrected chi connectivity index (χ2v) is 8.29. The summed E-state index contributed by atoms with van der Waals surface area (Å²) in [5.74, 6) is 1.62. The molecule has 12 heteroatoms. The molecule has 9 nitrogen and oxygen atoms in total. The molecule has 0 fully saturated rings. The highest BCUT2D eigenvalue weighted by Crippen LogP contribution is 2.36. The predicted molar refractivity (Wildman–Crippen MR) is 110 cm³/mol. The lowest BCUT2D eigenvalue weighted by Crippen LogP contribution is -2.23. The second kappa shape index (κ2) is 9.09. The molecule has 0 aliphatic rings. The average Bonchev–Trinajstić information content (AvgIpc) is 3.22. The fourth-order valence-electron chi connectivity index (χ4n) is 2.53. The number of ether oxygens (including phenoxy) is 3. The molecule has 2 aromatic carbocycles. The van der Waals surface area contributed by atoms with Gasteiger partial charge >= 0.3 is 0 Å². The summed E-state index contributed by atoms with van der Waals surface area (Å²) in [4.78, 5) is 4.00. The summed E-state index contributed by atoms with van der Waals surface area (Å²) in [5.41, 5.74) is 0.607. The molecule has 0 saturated heterocycles. The van der Waals surface area contributed by atoms with Crippen molar-refractivity contribution in [3.8, 4) is 28.6 Å². The van der Waals surface area contributed by atoms with Crippen molar-refractivity contribution in [2.24, 2.45) is 0 Å². The second-order valence-electron chi connectivity index (χ2n) is 5.80. The molecule has 160 valence electrons. The molecule has 3 rings (SSSR count). The Morgan fingerprint density at radius 2 is 1.63 bits per heavy atom. The number of hydrogen-bond acceptors (Lipinski definition) is 8. The number of hydrogen-bond donors (Lipinski definition) is 1. The van der Waals surface area contributed by atoms with Gasteiger partial charge in [-0.05, 0) is 30.3 Å². The highest BCUT2D eigenvalue weighted by Gasteiger charge is 2.23. The van der Waals surface area contributed by atoms with Gasteiger partial charge < -0.3 is 18.7 Å². The van der Waals surface area contributed by atoms with E-state index in [4.69, 9.17) is 41.9 Å². The summed E-state index contributed by atoms with van der Waals surface area (Å²) in [7, 11) is 0.435. The van der Waals surface area contributed by atoms with Gasteiger partial charge in [-0.2, -0.15) is 4.98 Å². The van der Waals surface area contributed by atoms with Crippen LogP contribution in [0.1, 0.15) is 5.89 Å². The maximum Gasteiger partial charge on any atom is 0.242 e. The van der Waals surface area contributed by atoms with E-state index in [-0.39, 0.29) is 39.0 Å². The smallest absolute Gasteiger partial charge is 0.242 e. The van der Waals surface area contributed by atoms with Crippen LogP contribution in [0.2, 0.25) is 10.0 Å². The van der Waals surface area contributed by atoms with Crippen LogP contribution < -0.4 is 18.9 Å². The Morgan fingerprint density at radius 1 is 0.967 bits per heavy atom. The average molecular weight is 474 g/mol. The first-order valence-corrected chi connectivity index (χ1v) is 10.6. The zero-order chi connectivity index (χ0) is 21.9. The van der Waals surface area contributed by atoms with Crippen LogP contribution in [0.15, 0.2) is 39.8 Å². The summed E-state index contributed by atoms with van der Waals surface area (Å²) in [6.07, 6.45) is 0. The molecule has 30 heavy (non-hydrogen) atoms. The molecule has 0 saturated carbocycles. The molecule has 1 N–H and O–H groups in total. The molecule has 0 radical (unpaired) electrons. The molecule has 0 bridgehead atoms. The number of nitrogens with zero attached hydrogens (tertiary/aromatic N) is 2. The van der Waals surface area contributed by atoms with Crippen molar-refractivity contribution >= 4 is 33.2 Å². The number of benzene rings is 2. The molecular weight excluding hydrogens is 457 g/mol. The van der Waals surface area contributed by atoms with Crippen LogP contribution in [0.3, 0.4) is 0 Å². The number of rotatable bonds is 8. The lowest BCUT2D eigenvalue weighted by atomic mass is 10.2. The maximum absolute atomic E-state index is 12.6. The van der Waals surface area contributed by atoms with E-state index in [1.165, 1.54) is 33.5 Å². The van der Waals surface area contributed by atoms with Crippen molar-refractivity contribution in [2.45, 2.75) is 11.4 Å². The van der Waals surface area contributed by atoms with Gasteiger partial charge in [0.05, 0.1) is 32.9 Å². The maximum atomic E-state index is 12.6. The largest absolute Gasteiger partial charge is 0.495 e. The van der Waals surface area contributed by atoms with Crippen LogP contribution in [0.5, 0.6) is 17.2 Å². The minimum atomic E-state index is -4.00. The molecular formula is C18H17Cl2N3O6S. The van der Waals surface area contributed by atoms with Gasteiger partial charge in [-0.25, -0.2) is 13.1 Å². The monoisotopic (exact) mass is 473 g/mol. The van der Waals surface area contributed by atoms with Gasteiger partial charge in [-0.1, -0.05) is 28.4 Å². The van der Waals surface area contributed by atoms with E-state index in [0.29, 0.717) is 17.1 Å². The summed E-state index contributed by atoms with van der Waals surface area (Å²) < 4.78 is 48.1. The zero-order valence-corrected chi connectivity index (χ0v) is 18.4. The van der Waals surface area contributed by atoms with Crippen LogP contribution in [0, 0.1) is 0 Å². The molecule has 0 aliphatic heterocycles. The quantitative estimate of drug-likeness (QED) is 0.528. The van der Waals surface area contributed by atoms with Crippen LogP contribution in [0.25, 0.3) is 11.4 Å². The van der Waals surface area contributed by atoms with Gasteiger partial charge in [0, 0.05) is 5.56 Å². The Bertz CT molecular complexity index is 1170. The SMILES string of the molecule is COc1ccc(-c2noc(CNS(=O)(=O)c3ccc(OC)c(Cl)c3Cl)n2)cc1OC. The fraction of sp³-hybridized carbons (Fsp3) is 0.222. The van der Waals surface area contributed by atoms with Crippen LogP contribution >= 0.6 is 23.2 Å². The van der Waals surface area contributed by atoms with E-state index in [1.807, 2.05) is 0 Å². The summed E-state index contributed by atoms with van der Waals surface area (Å²) in [6, 6.07) is 7.79. The van der Waals surface area contributed by atoms with Crippen LogP contribution in [-0.2, 0) is 16.6 Å². The summed E-state index contributed by atoms with van der Waals surface area (Å²) in [5, 5.41) is 3.71. The highest BCUT2D eigenvalue weighted by molar-refractivity contribution is 7.89. The summed E-state index contributed by atoms with van der Waals surface area (Å²) in [6.45, 7) is -0.247. The van der Waals surface area contributed by atoms with E-state index >= 15 is 0 Å². The van der Waals surface area contributed by atoms with Gasteiger partial charge in [0.25, 0.3) is 0 Å². The molecule has 1 aromatic heterocycles. The van der Waals surface area contributed by atoms with Gasteiger partial charge in [-0.15, -0.1) is 0 Å². The number of halogens is 2. The van der Waals surface area contributed by atoms with Gasteiger partial charge in [0.15, 0.2) is 11.5 Å². The molecule has 0 spiro atoms. The van der Waals surface area contributed by atoms with E-state index in [0.717, 1.165) is 0 Å². The number of sulfonamides is 1. The lowest BCUT2D eigenvalue weighted by molar-refractivity contribution is 0.355. The first-order chi connectivity index (χ1) is 14.3. The van der Waals surface area contributed by atoms with E-state index in [2.05, 4.69) is 14.9 Å². The Labute approximate surface area is 182 Å². The van der Waals surface area contributed by atoms with Gasteiger partial charge in [0.1, 0.15) is 15.7 Å². The molecule has 1 heterocycles. The number of nitrogens with one attached hydrogen (secondary N) is 1. The van der Waals surface area contributed by atoms with Gasteiger partial charge in [0.2, 0.25) is 21.7 Å². The van der Waals surface area contributed by atoms with Gasteiger partial charge in [-0.3, -0.25) is 0 Å². The molecule has 0 atom stereocenters. The molecule has 3 aromatic rings. The van der Waals surface area contributed by atoms with Crippen molar-refractivity contribution < 1.29 is 27.2 Å². The standard InChI is InChI=1S/C18H17Cl2N3O6S/c1-26-11-5-4-10(8-13(11)28-3)18-22-15(29-23-18)9-21-30(24,25)14-7-6-12(27-2)16(19)17(14)20/h4-8,21H,9H2,1-3H3. The predicted octanol–water partition coefficient (Wildman–Crippen LogP) is 3.55. The Kier molecular flexibility index (Phi) is 6.71. The van der Waals surface area contributed by atoms with E-state index in [9.17, 15) is 8.42 Å². The highest BCUT2D eigenvalue weighted by atomic mass is 35.5.